The normalized spacial score (nSPS) is 13.1. The van der Waals surface area contributed by atoms with E-state index >= 15 is 0 Å². The number of nitrogens with one attached hydrogen (secondary N) is 3. The molecular weight excluding hydrogens is 528 g/mol. The van der Waals surface area contributed by atoms with E-state index in [-0.39, 0.29) is 14.9 Å². The number of aromatic amines is 1. The maximum Gasteiger partial charge on any atom is 0.415 e. The quantitative estimate of drug-likeness (QED) is 0.352. The molecule has 3 amide bonds. The number of benzene rings is 2. The monoisotopic (exact) mass is 568 g/mol. The third-order valence-corrected chi connectivity index (χ3v) is 5.72. The number of nitrogens with zero attached hydrogens (tertiary/aromatic N) is 3. The summed E-state index contributed by atoms with van der Waals surface area (Å²) < 4.78 is 16.5. The molecule has 41 heavy (non-hydrogen) atoms. The molecule has 0 saturated carbocycles. The van der Waals surface area contributed by atoms with Crippen LogP contribution in [-0.4, -0.2) is 60.8 Å². The first-order chi connectivity index (χ1) is 18.8. The summed E-state index contributed by atoms with van der Waals surface area (Å²) in [5, 5.41) is 5.20. The standard InChI is InChI=1S/C14H18N2O4.C13H14N4O2.2CH4/c1-14(2,3)20-13(18)16-6-7-19-12-5-4-10(15-9-17)8-11(12)16;18-9-16-10-1-2-13-12(5-10)17(3-4-19-13)7-11-6-14-8-15-11;;/h4-5,8-9H,6-7H2,1-3H3,(H,15,17);1-2,5-6,8-9H,3-4,7H2,(H,14,15)(H,16,18);2*1H4. The van der Waals surface area contributed by atoms with Crippen molar-refractivity contribution in [1.29, 1.82) is 0 Å². The van der Waals surface area contributed by atoms with Gasteiger partial charge in [-0.3, -0.25) is 14.5 Å². The maximum atomic E-state index is 12.2. The van der Waals surface area contributed by atoms with Crippen molar-refractivity contribution < 1.29 is 28.6 Å². The van der Waals surface area contributed by atoms with Gasteiger partial charge in [0.25, 0.3) is 0 Å². The Balaban J connectivity index is 0.000000274. The van der Waals surface area contributed by atoms with Gasteiger partial charge in [0, 0.05) is 17.6 Å². The molecule has 2 aromatic carbocycles. The molecule has 0 bridgehead atoms. The van der Waals surface area contributed by atoms with Crippen LogP contribution in [0.2, 0.25) is 0 Å². The highest BCUT2D eigenvalue weighted by Crippen LogP contribution is 2.36. The van der Waals surface area contributed by atoms with Crippen LogP contribution >= 0.6 is 0 Å². The molecule has 0 fully saturated rings. The van der Waals surface area contributed by atoms with E-state index < -0.39 is 11.7 Å². The minimum Gasteiger partial charge on any atom is -0.490 e. The van der Waals surface area contributed by atoms with Crippen molar-refractivity contribution in [3.63, 3.8) is 0 Å². The summed E-state index contributed by atoms with van der Waals surface area (Å²) in [5.74, 6) is 1.43. The number of carbonyl (C=O) groups is 3. The van der Waals surface area contributed by atoms with E-state index in [1.165, 1.54) is 4.90 Å². The number of imidazole rings is 1. The number of rotatable bonds is 6. The number of anilines is 4. The Kier molecular flexibility index (Phi) is 11.6. The van der Waals surface area contributed by atoms with Gasteiger partial charge in [0.15, 0.2) is 0 Å². The van der Waals surface area contributed by atoms with E-state index in [1.54, 1.807) is 24.5 Å². The van der Waals surface area contributed by atoms with Crippen LogP contribution in [0.4, 0.5) is 27.5 Å². The molecule has 12 heteroatoms. The van der Waals surface area contributed by atoms with Crippen molar-refractivity contribution in [2.75, 3.05) is 46.7 Å². The number of fused-ring (bicyclic) bond motifs is 2. The molecule has 5 rings (SSSR count). The molecule has 222 valence electrons. The largest absolute Gasteiger partial charge is 0.490 e. The lowest BCUT2D eigenvalue weighted by Crippen LogP contribution is -2.41. The van der Waals surface area contributed by atoms with E-state index in [0.29, 0.717) is 49.7 Å². The second-order valence-corrected chi connectivity index (χ2v) is 9.72. The number of hydrogen-bond acceptors (Lipinski definition) is 8. The van der Waals surface area contributed by atoms with Gasteiger partial charge < -0.3 is 34.7 Å². The Bertz CT molecular complexity index is 1290. The molecule has 0 radical (unpaired) electrons. The predicted octanol–water partition coefficient (Wildman–Crippen LogP) is 5.04. The van der Waals surface area contributed by atoms with Crippen molar-refractivity contribution in [2.45, 2.75) is 47.8 Å². The highest BCUT2D eigenvalue weighted by Gasteiger charge is 2.28. The maximum absolute atomic E-state index is 12.2. The zero-order chi connectivity index (χ0) is 27.8. The van der Waals surface area contributed by atoms with Gasteiger partial charge in [-0.05, 0) is 57.2 Å². The Morgan fingerprint density at radius 2 is 1.56 bits per heavy atom. The first-order valence-electron chi connectivity index (χ1n) is 12.4. The Morgan fingerprint density at radius 3 is 2.12 bits per heavy atom. The van der Waals surface area contributed by atoms with Crippen molar-refractivity contribution in [1.82, 2.24) is 9.97 Å². The molecule has 3 N–H and O–H groups in total. The third kappa shape index (κ3) is 8.62. The van der Waals surface area contributed by atoms with Crippen molar-refractivity contribution in [3.8, 4) is 11.5 Å². The lowest BCUT2D eigenvalue weighted by molar-refractivity contribution is -0.106. The second kappa shape index (κ2) is 14.6. The fraction of sp³-hybridized carbons (Fsp3) is 0.379. The van der Waals surface area contributed by atoms with Crippen LogP contribution in [0.1, 0.15) is 41.3 Å². The van der Waals surface area contributed by atoms with Gasteiger partial charge in [-0.25, -0.2) is 9.78 Å². The van der Waals surface area contributed by atoms with E-state index in [9.17, 15) is 14.4 Å². The summed E-state index contributed by atoms with van der Waals surface area (Å²) in [6.07, 6.45) is 4.31. The van der Waals surface area contributed by atoms with E-state index in [4.69, 9.17) is 14.2 Å². The van der Waals surface area contributed by atoms with Gasteiger partial charge >= 0.3 is 6.09 Å². The number of H-pyrrole nitrogens is 1. The number of ether oxygens (including phenoxy) is 3. The van der Waals surface area contributed by atoms with E-state index in [2.05, 4.69) is 25.5 Å². The van der Waals surface area contributed by atoms with Crippen LogP contribution in [0.3, 0.4) is 0 Å². The van der Waals surface area contributed by atoms with Gasteiger partial charge in [-0.1, -0.05) is 14.9 Å². The third-order valence-electron chi connectivity index (χ3n) is 5.72. The molecular formula is C29H40N6O6. The van der Waals surface area contributed by atoms with Gasteiger partial charge in [-0.2, -0.15) is 0 Å². The van der Waals surface area contributed by atoms with Crippen LogP contribution in [0.15, 0.2) is 48.9 Å². The summed E-state index contributed by atoms with van der Waals surface area (Å²) in [7, 11) is 0. The summed E-state index contributed by atoms with van der Waals surface area (Å²) in [5.41, 5.74) is 3.41. The van der Waals surface area contributed by atoms with Crippen LogP contribution in [-0.2, 0) is 20.9 Å². The Morgan fingerprint density at radius 1 is 0.976 bits per heavy atom. The molecule has 0 atom stereocenters. The highest BCUT2D eigenvalue weighted by molar-refractivity contribution is 5.92. The summed E-state index contributed by atoms with van der Waals surface area (Å²) in [6, 6.07) is 10.7. The van der Waals surface area contributed by atoms with Crippen LogP contribution in [0.5, 0.6) is 11.5 Å². The predicted molar refractivity (Wildman–Crippen MR) is 160 cm³/mol. The molecule has 3 heterocycles. The highest BCUT2D eigenvalue weighted by atomic mass is 16.6. The minimum absolute atomic E-state index is 0. The summed E-state index contributed by atoms with van der Waals surface area (Å²) in [6.45, 7) is 8.46. The molecule has 2 aliphatic heterocycles. The average molecular weight is 569 g/mol. The topological polar surface area (TPSA) is 138 Å². The molecule has 3 aromatic rings. The Hall–Kier alpha value is -4.74. The van der Waals surface area contributed by atoms with Crippen molar-refractivity contribution in [2.24, 2.45) is 0 Å². The smallest absolute Gasteiger partial charge is 0.415 e. The van der Waals surface area contributed by atoms with Crippen molar-refractivity contribution in [3.05, 3.63) is 54.6 Å². The number of hydrogen-bond donors (Lipinski definition) is 3. The van der Waals surface area contributed by atoms with E-state index in [0.717, 1.165) is 35.9 Å². The van der Waals surface area contributed by atoms with E-state index in [1.807, 2.05) is 45.2 Å². The second-order valence-electron chi connectivity index (χ2n) is 9.72. The van der Waals surface area contributed by atoms with Crippen molar-refractivity contribution >= 4 is 41.7 Å². The molecule has 0 unspecified atom stereocenters. The van der Waals surface area contributed by atoms with Gasteiger partial charge in [0.1, 0.15) is 30.3 Å². The van der Waals surface area contributed by atoms with Gasteiger partial charge in [0.05, 0.1) is 43.0 Å². The number of carbonyl (C=O) groups excluding carboxylic acids is 3. The van der Waals surface area contributed by atoms with Crippen LogP contribution < -0.4 is 29.9 Å². The van der Waals surface area contributed by atoms with Crippen LogP contribution in [0.25, 0.3) is 0 Å². The zero-order valence-electron chi connectivity index (χ0n) is 22.1. The molecule has 2 aliphatic rings. The number of amides is 3. The summed E-state index contributed by atoms with van der Waals surface area (Å²) >= 11 is 0. The lowest BCUT2D eigenvalue weighted by atomic mass is 10.2. The molecule has 1 aromatic heterocycles. The number of aromatic nitrogens is 2. The van der Waals surface area contributed by atoms with Crippen LogP contribution in [0, 0.1) is 0 Å². The Labute approximate surface area is 241 Å². The molecule has 0 saturated heterocycles. The zero-order valence-corrected chi connectivity index (χ0v) is 22.1. The lowest BCUT2D eigenvalue weighted by Gasteiger charge is -2.31. The average Bonchev–Trinajstić information content (AvgIpc) is 3.42. The first-order valence-corrected chi connectivity index (χ1v) is 12.4. The SMILES string of the molecule is C.C.CC(C)(C)OC(=O)N1CCOc2ccc(NC=O)cc21.O=CNc1ccc2c(c1)N(Cc1cnc[nH]1)CCO2. The van der Waals surface area contributed by atoms with Gasteiger partial charge in [-0.15, -0.1) is 0 Å². The first kappa shape index (κ1) is 32.5. The molecule has 12 nitrogen and oxygen atoms in total. The van der Waals surface area contributed by atoms with Gasteiger partial charge in [0.2, 0.25) is 12.8 Å². The minimum atomic E-state index is -0.561. The fourth-order valence-corrected chi connectivity index (χ4v) is 4.05. The summed E-state index contributed by atoms with van der Waals surface area (Å²) in [4.78, 5) is 44.0. The molecule has 0 aliphatic carbocycles. The fourth-order valence-electron chi connectivity index (χ4n) is 4.05. The molecule has 0 spiro atoms.